The standard InChI is InChI=1S/C32H32N4O5/c1-2-18-35-20-34-29-26(30(35)39)33-21-36(29)31-28(38)27(37)25(41-31)19-40-32(22-12-6-3-7-13-22,23-14-8-4-9-15-23)24-16-10-5-11-17-24/h3-17,20-21,25,27-28,31,37-38H,2,18-19H2,1H3/t25-,27-,28-,31-/m1/s1. The van der Waals surface area contributed by atoms with Gasteiger partial charge in [0.2, 0.25) is 0 Å². The first-order chi connectivity index (χ1) is 20.0. The maximum atomic E-state index is 12.8. The van der Waals surface area contributed by atoms with Crippen LogP contribution in [-0.2, 0) is 21.6 Å². The topological polar surface area (TPSA) is 112 Å². The monoisotopic (exact) mass is 552 g/mol. The van der Waals surface area contributed by atoms with Crippen LogP contribution >= 0.6 is 0 Å². The molecule has 0 amide bonds. The summed E-state index contributed by atoms with van der Waals surface area (Å²) in [5.41, 5.74) is 1.93. The van der Waals surface area contributed by atoms with Crippen molar-refractivity contribution in [2.75, 3.05) is 6.61 Å². The molecule has 0 radical (unpaired) electrons. The molecule has 4 atom stereocenters. The van der Waals surface area contributed by atoms with Crippen molar-refractivity contribution in [2.24, 2.45) is 0 Å². The van der Waals surface area contributed by atoms with Gasteiger partial charge in [0.15, 0.2) is 17.4 Å². The molecule has 2 aromatic heterocycles. The number of nitrogens with zero attached hydrogens (tertiary/aromatic N) is 4. The van der Waals surface area contributed by atoms with E-state index in [1.165, 1.54) is 21.8 Å². The van der Waals surface area contributed by atoms with E-state index in [0.717, 1.165) is 23.1 Å². The van der Waals surface area contributed by atoms with Gasteiger partial charge in [-0.25, -0.2) is 9.97 Å². The Kier molecular flexibility index (Phi) is 7.51. The molecule has 9 nitrogen and oxygen atoms in total. The van der Waals surface area contributed by atoms with Gasteiger partial charge in [0.1, 0.15) is 30.2 Å². The lowest BCUT2D eigenvalue weighted by Gasteiger charge is -2.37. The average Bonchev–Trinajstić information content (AvgIpc) is 3.57. The Morgan fingerprint density at radius 2 is 1.39 bits per heavy atom. The van der Waals surface area contributed by atoms with Gasteiger partial charge in [0.25, 0.3) is 5.56 Å². The Bertz CT molecular complexity index is 1560. The second kappa shape index (κ2) is 11.4. The minimum Gasteiger partial charge on any atom is -0.387 e. The normalized spacial score (nSPS) is 21.0. The lowest BCUT2D eigenvalue weighted by Crippen LogP contribution is -2.39. The Morgan fingerprint density at radius 1 is 0.829 bits per heavy atom. The van der Waals surface area contributed by atoms with Crippen LogP contribution in [0.3, 0.4) is 0 Å². The van der Waals surface area contributed by atoms with E-state index < -0.39 is 30.1 Å². The van der Waals surface area contributed by atoms with Crippen LogP contribution in [0.15, 0.2) is 108 Å². The zero-order valence-corrected chi connectivity index (χ0v) is 22.7. The summed E-state index contributed by atoms with van der Waals surface area (Å²) >= 11 is 0. The number of aliphatic hydroxyl groups excluding tert-OH is 2. The van der Waals surface area contributed by atoms with Gasteiger partial charge in [-0.15, -0.1) is 0 Å². The van der Waals surface area contributed by atoms with Gasteiger partial charge in [-0.3, -0.25) is 13.9 Å². The molecule has 5 aromatic rings. The minimum atomic E-state index is -1.29. The van der Waals surface area contributed by atoms with Crippen molar-refractivity contribution < 1.29 is 19.7 Å². The molecule has 0 bridgehead atoms. The summed E-state index contributed by atoms with van der Waals surface area (Å²) in [4.78, 5) is 21.5. The first-order valence-corrected chi connectivity index (χ1v) is 13.8. The fourth-order valence-electron chi connectivity index (χ4n) is 5.60. The Morgan fingerprint density at radius 3 is 1.93 bits per heavy atom. The van der Waals surface area contributed by atoms with Gasteiger partial charge < -0.3 is 19.7 Å². The van der Waals surface area contributed by atoms with Gasteiger partial charge in [-0.1, -0.05) is 97.9 Å². The van der Waals surface area contributed by atoms with Gasteiger partial charge in [0, 0.05) is 6.54 Å². The molecule has 2 N–H and O–H groups in total. The molecule has 3 heterocycles. The highest BCUT2D eigenvalue weighted by molar-refractivity contribution is 5.69. The van der Waals surface area contributed by atoms with E-state index >= 15 is 0 Å². The second-order valence-corrected chi connectivity index (χ2v) is 10.2. The summed E-state index contributed by atoms with van der Waals surface area (Å²) < 4.78 is 16.0. The SMILES string of the molecule is CCCn1cnc2c(ncn2[C@@H]2O[C@H](COC(c3ccccc3)(c3ccccc3)c3ccccc3)[C@@H](O)[C@H]2O)c1=O. The molecule has 0 unspecified atom stereocenters. The van der Waals surface area contributed by atoms with Crippen molar-refractivity contribution >= 4 is 11.2 Å². The van der Waals surface area contributed by atoms with Crippen LogP contribution in [-0.4, -0.2) is 54.2 Å². The van der Waals surface area contributed by atoms with Gasteiger partial charge in [0.05, 0.1) is 12.9 Å². The summed E-state index contributed by atoms with van der Waals surface area (Å²) in [6.07, 6.45) is -0.748. The van der Waals surface area contributed by atoms with Crippen LogP contribution in [0.2, 0.25) is 0 Å². The number of aryl methyl sites for hydroxylation is 1. The van der Waals surface area contributed by atoms with Crippen LogP contribution < -0.4 is 5.56 Å². The van der Waals surface area contributed by atoms with E-state index in [0.29, 0.717) is 6.54 Å². The summed E-state index contributed by atoms with van der Waals surface area (Å²) in [5, 5.41) is 22.2. The number of hydrogen-bond donors (Lipinski definition) is 2. The van der Waals surface area contributed by atoms with Crippen LogP contribution in [0.25, 0.3) is 11.2 Å². The van der Waals surface area contributed by atoms with Crippen LogP contribution in [0, 0.1) is 0 Å². The number of ether oxygens (including phenoxy) is 2. The molecule has 0 aliphatic carbocycles. The van der Waals surface area contributed by atoms with E-state index in [9.17, 15) is 15.0 Å². The molecule has 3 aromatic carbocycles. The van der Waals surface area contributed by atoms with E-state index in [2.05, 4.69) is 9.97 Å². The van der Waals surface area contributed by atoms with E-state index in [1.54, 1.807) is 0 Å². The van der Waals surface area contributed by atoms with Crippen molar-refractivity contribution in [1.82, 2.24) is 19.1 Å². The molecule has 0 saturated carbocycles. The zero-order valence-electron chi connectivity index (χ0n) is 22.7. The van der Waals surface area contributed by atoms with Gasteiger partial charge in [-0.2, -0.15) is 0 Å². The zero-order chi connectivity index (χ0) is 28.4. The molecule has 6 rings (SSSR count). The van der Waals surface area contributed by atoms with Crippen molar-refractivity contribution in [2.45, 2.75) is 50.0 Å². The smallest absolute Gasteiger partial charge is 0.281 e. The summed E-state index contributed by atoms with van der Waals surface area (Å²) in [6.45, 7) is 2.47. The molecule has 9 heteroatoms. The molecule has 210 valence electrons. The number of fused-ring (bicyclic) bond motifs is 1. The van der Waals surface area contributed by atoms with E-state index in [1.807, 2.05) is 97.9 Å². The highest BCUT2D eigenvalue weighted by atomic mass is 16.6. The number of rotatable bonds is 9. The van der Waals surface area contributed by atoms with Crippen molar-refractivity contribution in [3.05, 3.63) is 131 Å². The fourth-order valence-corrected chi connectivity index (χ4v) is 5.60. The first-order valence-electron chi connectivity index (χ1n) is 13.8. The lowest BCUT2D eigenvalue weighted by molar-refractivity contribution is -0.0942. The highest BCUT2D eigenvalue weighted by Gasteiger charge is 2.46. The molecular weight excluding hydrogens is 520 g/mol. The summed E-state index contributed by atoms with van der Waals surface area (Å²) in [7, 11) is 0. The molecular formula is C32H32N4O5. The molecule has 1 aliphatic heterocycles. The summed E-state index contributed by atoms with van der Waals surface area (Å²) in [6, 6.07) is 29.7. The lowest BCUT2D eigenvalue weighted by atomic mass is 9.80. The highest BCUT2D eigenvalue weighted by Crippen LogP contribution is 2.41. The number of hydrogen-bond acceptors (Lipinski definition) is 7. The van der Waals surface area contributed by atoms with Gasteiger partial charge in [-0.05, 0) is 23.1 Å². The average molecular weight is 553 g/mol. The molecule has 1 saturated heterocycles. The van der Waals surface area contributed by atoms with Crippen LogP contribution in [0.1, 0.15) is 36.3 Å². The largest absolute Gasteiger partial charge is 0.387 e. The minimum absolute atomic E-state index is 0.0310. The van der Waals surface area contributed by atoms with Crippen molar-refractivity contribution in [3.8, 4) is 0 Å². The van der Waals surface area contributed by atoms with Crippen LogP contribution in [0.5, 0.6) is 0 Å². The van der Waals surface area contributed by atoms with Crippen molar-refractivity contribution in [3.63, 3.8) is 0 Å². The fraction of sp³-hybridized carbons (Fsp3) is 0.281. The van der Waals surface area contributed by atoms with Crippen LogP contribution in [0.4, 0.5) is 0 Å². The Hall–Kier alpha value is -4.15. The quantitative estimate of drug-likeness (QED) is 0.269. The predicted molar refractivity (Wildman–Crippen MR) is 153 cm³/mol. The molecule has 41 heavy (non-hydrogen) atoms. The van der Waals surface area contributed by atoms with Crippen molar-refractivity contribution in [1.29, 1.82) is 0 Å². The molecule has 0 spiro atoms. The third-order valence-electron chi connectivity index (χ3n) is 7.63. The summed E-state index contributed by atoms with van der Waals surface area (Å²) in [5.74, 6) is 0. The third-order valence-corrected chi connectivity index (χ3v) is 7.63. The number of imidazole rings is 1. The first kappa shape index (κ1) is 27.0. The number of benzene rings is 3. The Balaban J connectivity index is 1.34. The second-order valence-electron chi connectivity index (χ2n) is 10.2. The van der Waals surface area contributed by atoms with E-state index in [-0.39, 0.29) is 23.3 Å². The number of aromatic nitrogens is 4. The maximum absolute atomic E-state index is 12.8. The van der Waals surface area contributed by atoms with Gasteiger partial charge >= 0.3 is 0 Å². The predicted octanol–water partition coefficient (Wildman–Crippen LogP) is 3.63. The maximum Gasteiger partial charge on any atom is 0.281 e. The number of aliphatic hydroxyl groups is 2. The molecule has 1 aliphatic rings. The Labute approximate surface area is 237 Å². The molecule has 1 fully saturated rings. The van der Waals surface area contributed by atoms with E-state index in [4.69, 9.17) is 9.47 Å². The third kappa shape index (κ3) is 4.76.